The highest BCUT2D eigenvalue weighted by Gasteiger charge is 2.21. The van der Waals surface area contributed by atoms with E-state index in [9.17, 15) is 17.6 Å². The Bertz CT molecular complexity index is 1130. The predicted octanol–water partition coefficient (Wildman–Crippen LogP) is 3.71. The number of hydrogen-bond acceptors (Lipinski definition) is 3. The van der Waals surface area contributed by atoms with Crippen molar-refractivity contribution in [3.05, 3.63) is 77.1 Å². The third kappa shape index (κ3) is 4.61. The van der Waals surface area contributed by atoms with Gasteiger partial charge in [-0.05, 0) is 34.5 Å². The molecule has 0 saturated heterocycles. The molecule has 0 fully saturated rings. The molecule has 3 rings (SSSR count). The number of fused-ring (bicyclic) bond motifs is 1. The van der Waals surface area contributed by atoms with E-state index in [4.69, 9.17) is 11.6 Å². The van der Waals surface area contributed by atoms with E-state index in [1.165, 1.54) is 12.1 Å². The Balaban J connectivity index is 1.76. The highest BCUT2D eigenvalue weighted by atomic mass is 35.5. The van der Waals surface area contributed by atoms with Crippen LogP contribution >= 0.6 is 11.6 Å². The van der Waals surface area contributed by atoms with Crippen LogP contribution in [0.1, 0.15) is 5.56 Å². The molecule has 0 aromatic heterocycles. The van der Waals surface area contributed by atoms with Crippen molar-refractivity contribution in [3.8, 4) is 0 Å². The van der Waals surface area contributed by atoms with Crippen LogP contribution in [-0.2, 0) is 21.4 Å². The first-order valence-electron chi connectivity index (χ1n) is 8.42. The minimum absolute atomic E-state index is 0.120. The number of carbonyl (C=O) groups excluding carboxylic acids is 1. The van der Waals surface area contributed by atoms with Gasteiger partial charge in [-0.3, -0.25) is 9.10 Å². The summed E-state index contributed by atoms with van der Waals surface area (Å²) < 4.78 is 38.5. The lowest BCUT2D eigenvalue weighted by molar-refractivity contribution is -0.119. The fraction of sp³-hybridized carbons (Fsp3) is 0.150. The average molecular weight is 421 g/mol. The number of sulfonamides is 1. The number of halogens is 2. The summed E-state index contributed by atoms with van der Waals surface area (Å²) in [5.74, 6) is -1.15. The zero-order chi connectivity index (χ0) is 20.3. The van der Waals surface area contributed by atoms with Crippen molar-refractivity contribution >= 4 is 44.0 Å². The van der Waals surface area contributed by atoms with E-state index in [0.29, 0.717) is 0 Å². The summed E-state index contributed by atoms with van der Waals surface area (Å²) >= 11 is 5.74. The fourth-order valence-corrected chi connectivity index (χ4v) is 3.89. The molecule has 1 N–H and O–H groups in total. The first kappa shape index (κ1) is 20.1. The van der Waals surface area contributed by atoms with Crippen LogP contribution in [0.5, 0.6) is 0 Å². The summed E-state index contributed by atoms with van der Waals surface area (Å²) in [6.07, 6.45) is 0.974. The molecule has 3 aromatic carbocycles. The van der Waals surface area contributed by atoms with Gasteiger partial charge >= 0.3 is 0 Å². The molecule has 28 heavy (non-hydrogen) atoms. The summed E-state index contributed by atoms with van der Waals surface area (Å²) in [5.41, 5.74) is 1.04. The molecule has 0 spiro atoms. The van der Waals surface area contributed by atoms with Crippen LogP contribution in [0.15, 0.2) is 60.7 Å². The SMILES string of the molecule is CS(=O)(=O)N(CC(=O)NCc1cccc2ccccc12)c1ccc(F)c(Cl)c1. The standard InChI is InChI=1S/C20H18ClFN2O3S/c1-28(26,27)24(16-9-10-19(22)18(21)11-16)13-20(25)23-12-15-7-4-6-14-5-2-3-8-17(14)15/h2-11H,12-13H2,1H3,(H,23,25). The van der Waals surface area contributed by atoms with Crippen molar-refractivity contribution in [2.45, 2.75) is 6.54 Å². The lowest BCUT2D eigenvalue weighted by atomic mass is 10.0. The zero-order valence-corrected chi connectivity index (χ0v) is 16.6. The second-order valence-electron chi connectivity index (χ2n) is 6.28. The van der Waals surface area contributed by atoms with Crippen molar-refractivity contribution in [1.82, 2.24) is 5.32 Å². The third-order valence-electron chi connectivity index (χ3n) is 4.23. The lowest BCUT2D eigenvalue weighted by Gasteiger charge is -2.22. The Kier molecular flexibility index (Phi) is 5.86. The summed E-state index contributed by atoms with van der Waals surface area (Å²) in [7, 11) is -3.77. The molecule has 0 bridgehead atoms. The monoisotopic (exact) mass is 420 g/mol. The smallest absolute Gasteiger partial charge is 0.241 e. The van der Waals surface area contributed by atoms with E-state index in [2.05, 4.69) is 5.32 Å². The van der Waals surface area contributed by atoms with E-state index in [0.717, 1.165) is 33.0 Å². The van der Waals surface area contributed by atoms with E-state index in [1.807, 2.05) is 42.5 Å². The third-order valence-corrected chi connectivity index (χ3v) is 5.66. The first-order valence-corrected chi connectivity index (χ1v) is 10.6. The lowest BCUT2D eigenvalue weighted by Crippen LogP contribution is -2.40. The maximum absolute atomic E-state index is 13.4. The van der Waals surface area contributed by atoms with Crippen LogP contribution in [0.2, 0.25) is 5.02 Å². The van der Waals surface area contributed by atoms with Gasteiger partial charge in [0.2, 0.25) is 15.9 Å². The van der Waals surface area contributed by atoms with Crippen LogP contribution in [0.3, 0.4) is 0 Å². The van der Waals surface area contributed by atoms with Crippen LogP contribution in [0, 0.1) is 5.82 Å². The van der Waals surface area contributed by atoms with Gasteiger partial charge < -0.3 is 5.32 Å². The molecule has 0 unspecified atom stereocenters. The molecular weight excluding hydrogens is 403 g/mol. The quantitative estimate of drug-likeness (QED) is 0.661. The minimum atomic E-state index is -3.77. The number of nitrogens with zero attached hydrogens (tertiary/aromatic N) is 1. The van der Waals surface area contributed by atoms with Gasteiger partial charge in [-0.2, -0.15) is 0 Å². The largest absolute Gasteiger partial charge is 0.350 e. The summed E-state index contributed by atoms with van der Waals surface area (Å²) in [4.78, 5) is 12.4. The molecular formula is C20H18ClFN2O3S. The Hall–Kier alpha value is -2.64. The molecule has 146 valence electrons. The van der Waals surface area contributed by atoms with Gasteiger partial charge in [-0.25, -0.2) is 12.8 Å². The number of rotatable bonds is 6. The van der Waals surface area contributed by atoms with Gasteiger partial charge in [-0.1, -0.05) is 54.1 Å². The normalized spacial score (nSPS) is 11.4. The second kappa shape index (κ2) is 8.16. The molecule has 1 amide bonds. The van der Waals surface area contributed by atoms with Crippen molar-refractivity contribution in [1.29, 1.82) is 0 Å². The second-order valence-corrected chi connectivity index (χ2v) is 8.60. The molecule has 0 atom stereocenters. The first-order chi connectivity index (χ1) is 13.3. The van der Waals surface area contributed by atoms with Crippen LogP contribution in [0.25, 0.3) is 10.8 Å². The Morgan fingerprint density at radius 3 is 2.54 bits per heavy atom. The molecule has 0 aliphatic heterocycles. The number of amides is 1. The van der Waals surface area contributed by atoms with Crippen molar-refractivity contribution < 1.29 is 17.6 Å². The number of nitrogens with one attached hydrogen (secondary N) is 1. The molecule has 8 heteroatoms. The number of anilines is 1. The highest BCUT2D eigenvalue weighted by Crippen LogP contribution is 2.24. The van der Waals surface area contributed by atoms with Crippen LogP contribution in [-0.4, -0.2) is 27.1 Å². The van der Waals surface area contributed by atoms with Crippen LogP contribution < -0.4 is 9.62 Å². The van der Waals surface area contributed by atoms with E-state index >= 15 is 0 Å². The molecule has 0 aliphatic rings. The number of hydrogen-bond donors (Lipinski definition) is 1. The number of carbonyl (C=O) groups is 1. The van der Waals surface area contributed by atoms with Gasteiger partial charge in [0.15, 0.2) is 0 Å². The molecule has 3 aromatic rings. The predicted molar refractivity (Wildman–Crippen MR) is 109 cm³/mol. The van der Waals surface area contributed by atoms with E-state index < -0.39 is 28.3 Å². The maximum Gasteiger partial charge on any atom is 0.241 e. The zero-order valence-electron chi connectivity index (χ0n) is 15.0. The molecule has 0 saturated carbocycles. The van der Waals surface area contributed by atoms with Crippen LogP contribution in [0.4, 0.5) is 10.1 Å². The van der Waals surface area contributed by atoms with Gasteiger partial charge in [0, 0.05) is 6.54 Å². The Morgan fingerprint density at radius 2 is 1.82 bits per heavy atom. The topological polar surface area (TPSA) is 66.5 Å². The summed E-state index contributed by atoms with van der Waals surface area (Å²) in [5, 5.41) is 4.58. The van der Waals surface area contributed by atoms with Gasteiger partial charge in [-0.15, -0.1) is 0 Å². The van der Waals surface area contributed by atoms with Crippen molar-refractivity contribution in [2.24, 2.45) is 0 Å². The number of benzene rings is 3. The van der Waals surface area contributed by atoms with E-state index in [-0.39, 0.29) is 17.3 Å². The summed E-state index contributed by atoms with van der Waals surface area (Å²) in [6.45, 7) is -0.187. The van der Waals surface area contributed by atoms with Gasteiger partial charge in [0.25, 0.3) is 0 Å². The molecule has 5 nitrogen and oxygen atoms in total. The average Bonchev–Trinajstić information content (AvgIpc) is 2.66. The minimum Gasteiger partial charge on any atom is -0.350 e. The molecule has 0 aliphatic carbocycles. The van der Waals surface area contributed by atoms with Gasteiger partial charge in [0.05, 0.1) is 17.0 Å². The Labute approximate surface area is 167 Å². The highest BCUT2D eigenvalue weighted by molar-refractivity contribution is 7.92. The maximum atomic E-state index is 13.4. The van der Waals surface area contributed by atoms with Gasteiger partial charge in [0.1, 0.15) is 12.4 Å². The molecule has 0 radical (unpaired) electrons. The van der Waals surface area contributed by atoms with Crippen molar-refractivity contribution in [2.75, 3.05) is 17.1 Å². The summed E-state index contributed by atoms with van der Waals surface area (Å²) in [6, 6.07) is 17.1. The fourth-order valence-electron chi connectivity index (χ4n) is 2.87. The molecule has 0 heterocycles. The Morgan fingerprint density at radius 1 is 1.11 bits per heavy atom. The van der Waals surface area contributed by atoms with Crippen molar-refractivity contribution in [3.63, 3.8) is 0 Å². The van der Waals surface area contributed by atoms with E-state index in [1.54, 1.807) is 0 Å².